The smallest absolute Gasteiger partial charge is 0.339 e. The average molecular weight is 570 g/mol. The van der Waals surface area contributed by atoms with Gasteiger partial charge in [-0.2, -0.15) is 0 Å². The maximum atomic E-state index is 15.0. The number of piperidine rings is 1. The summed E-state index contributed by atoms with van der Waals surface area (Å²) >= 11 is 0. The van der Waals surface area contributed by atoms with Crippen molar-refractivity contribution in [2.24, 2.45) is 7.05 Å². The number of ether oxygens (including phenoxy) is 1. The van der Waals surface area contributed by atoms with E-state index in [1.807, 2.05) is 53.2 Å². The zero-order valence-electron chi connectivity index (χ0n) is 24.3. The minimum atomic E-state index is -0.440. The van der Waals surface area contributed by atoms with Gasteiger partial charge in [-0.05, 0) is 79.6 Å². The van der Waals surface area contributed by atoms with Crippen LogP contribution in [0.15, 0.2) is 60.9 Å². The second-order valence-corrected chi connectivity index (χ2v) is 11.5. The van der Waals surface area contributed by atoms with E-state index in [9.17, 15) is 14.0 Å². The van der Waals surface area contributed by atoms with Crippen molar-refractivity contribution in [2.75, 3.05) is 13.7 Å². The van der Waals surface area contributed by atoms with Crippen LogP contribution < -0.4 is 0 Å². The summed E-state index contributed by atoms with van der Waals surface area (Å²) < 4.78 is 23.8. The van der Waals surface area contributed by atoms with Gasteiger partial charge in [-0.3, -0.25) is 9.48 Å². The summed E-state index contributed by atoms with van der Waals surface area (Å²) in [5.41, 5.74) is 4.89. The van der Waals surface area contributed by atoms with Gasteiger partial charge in [0.05, 0.1) is 18.4 Å². The molecule has 2 aromatic heterocycles. The second-order valence-electron chi connectivity index (χ2n) is 11.5. The lowest BCUT2D eigenvalue weighted by Gasteiger charge is -2.36. The minimum Gasteiger partial charge on any atom is -0.465 e. The molecule has 42 heavy (non-hydrogen) atoms. The summed E-state index contributed by atoms with van der Waals surface area (Å²) in [4.78, 5) is 28.3. The first-order valence-electron chi connectivity index (χ1n) is 14.8. The van der Waals surface area contributed by atoms with Crippen LogP contribution in [0.2, 0.25) is 0 Å². The fourth-order valence-electron chi connectivity index (χ4n) is 6.47. The van der Waals surface area contributed by atoms with Crippen LogP contribution >= 0.6 is 0 Å². The van der Waals surface area contributed by atoms with Crippen molar-refractivity contribution in [1.29, 1.82) is 0 Å². The SMILES string of the molecule is CCC[C@@H]1CCCCN1C(=O)c1cc(F)cc(-c2cccc(-n3ccc(C(=O)OC)c3C3CC3c3cn(C)nn3)c2)c1. The number of aryl methyl sites for hydroxylation is 1. The number of aromatic nitrogens is 4. The maximum absolute atomic E-state index is 15.0. The lowest BCUT2D eigenvalue weighted by molar-refractivity contribution is 0.0591. The van der Waals surface area contributed by atoms with Crippen LogP contribution in [0.5, 0.6) is 0 Å². The first-order chi connectivity index (χ1) is 20.4. The molecule has 9 heteroatoms. The Balaban J connectivity index is 1.34. The van der Waals surface area contributed by atoms with Gasteiger partial charge in [-0.25, -0.2) is 9.18 Å². The molecule has 1 amide bonds. The molecule has 0 N–H and O–H groups in total. The quantitative estimate of drug-likeness (QED) is 0.234. The lowest BCUT2D eigenvalue weighted by atomic mass is 9.96. The molecule has 218 valence electrons. The number of hydrogen-bond acceptors (Lipinski definition) is 5. The molecule has 1 aliphatic heterocycles. The fourth-order valence-corrected chi connectivity index (χ4v) is 6.47. The number of amides is 1. The van der Waals surface area contributed by atoms with Gasteiger partial charge in [-0.1, -0.05) is 30.7 Å². The molecule has 4 aromatic rings. The first-order valence-corrected chi connectivity index (χ1v) is 14.8. The average Bonchev–Trinajstić information content (AvgIpc) is 3.45. The molecule has 2 fully saturated rings. The molecule has 6 rings (SSSR count). The van der Waals surface area contributed by atoms with E-state index in [-0.39, 0.29) is 23.8 Å². The predicted molar refractivity (Wildman–Crippen MR) is 157 cm³/mol. The van der Waals surface area contributed by atoms with Gasteiger partial charge in [-0.15, -0.1) is 5.10 Å². The highest BCUT2D eigenvalue weighted by Gasteiger charge is 2.45. The molecule has 1 saturated heterocycles. The number of halogens is 1. The Bertz CT molecular complexity index is 1620. The molecule has 2 unspecified atom stereocenters. The molecule has 2 aliphatic rings. The van der Waals surface area contributed by atoms with Gasteiger partial charge < -0.3 is 14.2 Å². The van der Waals surface area contributed by atoms with Gasteiger partial charge in [0, 0.05) is 60.8 Å². The Morgan fingerprint density at radius 1 is 1.07 bits per heavy atom. The van der Waals surface area contributed by atoms with Crippen molar-refractivity contribution in [3.05, 3.63) is 89.3 Å². The third kappa shape index (κ3) is 5.35. The molecular weight excluding hydrogens is 533 g/mol. The number of benzene rings is 2. The number of rotatable bonds is 8. The van der Waals surface area contributed by atoms with Gasteiger partial charge in [0.15, 0.2) is 0 Å². The van der Waals surface area contributed by atoms with Gasteiger partial charge in [0.1, 0.15) is 5.82 Å². The standard InChI is InChI=1S/C33H36FN5O3/c1-4-8-25-10-5-6-13-39(25)32(40)23-15-22(16-24(34)17-23)21-9-7-11-26(18-21)38-14-12-27(33(41)42-3)31(38)29-19-28(29)30-20-37(2)36-35-30/h7,9,11-12,14-18,20,25,28-29H,4-6,8,10,13,19H2,1-3H3/t25-,28?,29?/m1/s1. The highest BCUT2D eigenvalue weighted by atomic mass is 19.1. The summed E-state index contributed by atoms with van der Waals surface area (Å²) in [6.45, 7) is 2.84. The Kier molecular flexibility index (Phi) is 7.66. The van der Waals surface area contributed by atoms with Crippen molar-refractivity contribution in [2.45, 2.75) is 63.3 Å². The van der Waals surface area contributed by atoms with Gasteiger partial charge in [0.25, 0.3) is 5.91 Å². The Morgan fingerprint density at radius 3 is 2.69 bits per heavy atom. The molecule has 8 nitrogen and oxygen atoms in total. The van der Waals surface area contributed by atoms with E-state index in [0.29, 0.717) is 23.2 Å². The van der Waals surface area contributed by atoms with Gasteiger partial charge >= 0.3 is 5.97 Å². The maximum Gasteiger partial charge on any atom is 0.339 e. The molecule has 2 aromatic carbocycles. The van der Waals surface area contributed by atoms with Crippen LogP contribution in [-0.4, -0.2) is 56.0 Å². The van der Waals surface area contributed by atoms with Crippen LogP contribution in [0.4, 0.5) is 4.39 Å². The molecule has 3 heterocycles. The topological polar surface area (TPSA) is 82.3 Å². The van der Waals surface area contributed by atoms with Crippen molar-refractivity contribution >= 4 is 11.9 Å². The largest absolute Gasteiger partial charge is 0.465 e. The van der Waals surface area contributed by atoms with Crippen LogP contribution in [0.25, 0.3) is 16.8 Å². The van der Waals surface area contributed by atoms with E-state index < -0.39 is 11.8 Å². The zero-order valence-corrected chi connectivity index (χ0v) is 24.3. The fraction of sp³-hybridized carbons (Fsp3) is 0.394. The molecular formula is C33H36FN5O3. The highest BCUT2D eigenvalue weighted by molar-refractivity contribution is 5.96. The Hall–Kier alpha value is -4.27. The summed E-state index contributed by atoms with van der Waals surface area (Å²) in [5, 5.41) is 8.36. The predicted octanol–water partition coefficient (Wildman–Crippen LogP) is 6.26. The van der Waals surface area contributed by atoms with Crippen LogP contribution in [0.3, 0.4) is 0 Å². The first kappa shape index (κ1) is 27.9. The van der Waals surface area contributed by atoms with Crippen molar-refractivity contribution in [1.82, 2.24) is 24.5 Å². The monoisotopic (exact) mass is 569 g/mol. The lowest BCUT2D eigenvalue weighted by Crippen LogP contribution is -2.43. The van der Waals surface area contributed by atoms with Crippen molar-refractivity contribution < 1.29 is 18.7 Å². The highest BCUT2D eigenvalue weighted by Crippen LogP contribution is 2.55. The molecule has 3 atom stereocenters. The van der Waals surface area contributed by atoms with Crippen molar-refractivity contribution in [3.63, 3.8) is 0 Å². The van der Waals surface area contributed by atoms with Crippen LogP contribution in [0, 0.1) is 5.82 Å². The van der Waals surface area contributed by atoms with Crippen molar-refractivity contribution in [3.8, 4) is 16.8 Å². The van der Waals surface area contributed by atoms with E-state index in [4.69, 9.17) is 4.74 Å². The number of esters is 1. The van der Waals surface area contributed by atoms with E-state index in [0.717, 1.165) is 61.2 Å². The second kappa shape index (κ2) is 11.5. The van der Waals surface area contributed by atoms with E-state index in [1.54, 1.807) is 16.8 Å². The Labute approximate surface area is 245 Å². The molecule has 0 spiro atoms. The van der Waals surface area contributed by atoms with Crippen LogP contribution in [-0.2, 0) is 11.8 Å². The number of methoxy groups -OCH3 is 1. The van der Waals surface area contributed by atoms with Crippen LogP contribution in [0.1, 0.15) is 89.4 Å². The van der Waals surface area contributed by atoms with E-state index in [2.05, 4.69) is 17.2 Å². The van der Waals surface area contributed by atoms with E-state index in [1.165, 1.54) is 19.2 Å². The minimum absolute atomic E-state index is 0.0773. The number of carbonyl (C=O) groups is 2. The Morgan fingerprint density at radius 2 is 1.93 bits per heavy atom. The van der Waals surface area contributed by atoms with E-state index >= 15 is 0 Å². The summed E-state index contributed by atoms with van der Waals surface area (Å²) in [6.07, 6.45) is 9.69. The summed E-state index contributed by atoms with van der Waals surface area (Å²) in [5.74, 6) is -0.707. The summed E-state index contributed by atoms with van der Waals surface area (Å²) in [7, 11) is 3.22. The summed E-state index contributed by atoms with van der Waals surface area (Å²) in [6, 6.07) is 14.3. The van der Waals surface area contributed by atoms with Gasteiger partial charge in [0.2, 0.25) is 0 Å². The zero-order chi connectivity index (χ0) is 29.4. The molecule has 0 radical (unpaired) electrons. The molecule has 0 bridgehead atoms. The normalized spacial score (nSPS) is 20.0. The molecule has 1 saturated carbocycles. The number of likely N-dealkylation sites (tertiary alicyclic amines) is 1. The number of carbonyl (C=O) groups excluding carboxylic acids is 2. The third-order valence-electron chi connectivity index (χ3n) is 8.59. The molecule has 1 aliphatic carbocycles. The number of hydrogen-bond donors (Lipinski definition) is 0. The number of nitrogens with zero attached hydrogens (tertiary/aromatic N) is 5. The third-order valence-corrected chi connectivity index (χ3v) is 8.59.